The summed E-state index contributed by atoms with van der Waals surface area (Å²) in [6.45, 7) is 4.64. The van der Waals surface area contributed by atoms with E-state index in [1.165, 1.54) is 38.2 Å². The molecule has 1 aliphatic carbocycles. The molecule has 1 nitrogen and oxygen atoms in total. The highest BCUT2D eigenvalue weighted by molar-refractivity contribution is 9.10. The SMILES string of the molecule is CC(C)C1CCCC(Nc2cc(F)ccc2Br)CC1. The molecule has 1 N–H and O–H groups in total. The van der Waals surface area contributed by atoms with Crippen molar-refractivity contribution in [3.05, 3.63) is 28.5 Å². The van der Waals surface area contributed by atoms with Crippen LogP contribution in [0.25, 0.3) is 0 Å². The number of rotatable bonds is 3. The van der Waals surface area contributed by atoms with E-state index in [1.54, 1.807) is 12.1 Å². The van der Waals surface area contributed by atoms with Crippen molar-refractivity contribution < 1.29 is 4.39 Å². The molecule has 2 rings (SSSR count). The average Bonchev–Trinajstić information content (AvgIpc) is 2.59. The molecule has 0 aliphatic heterocycles. The van der Waals surface area contributed by atoms with Crippen LogP contribution < -0.4 is 5.32 Å². The summed E-state index contributed by atoms with van der Waals surface area (Å²) in [6, 6.07) is 5.30. The molecule has 0 radical (unpaired) electrons. The largest absolute Gasteiger partial charge is 0.381 e. The van der Waals surface area contributed by atoms with Crippen molar-refractivity contribution in [2.45, 2.75) is 52.0 Å². The first-order valence-electron chi connectivity index (χ1n) is 7.28. The molecule has 0 aromatic heterocycles. The van der Waals surface area contributed by atoms with Gasteiger partial charge in [-0.15, -0.1) is 0 Å². The third-order valence-corrected chi connectivity index (χ3v) is 4.94. The molecule has 0 amide bonds. The second-order valence-corrected chi connectivity index (χ2v) is 6.83. The third kappa shape index (κ3) is 4.20. The Morgan fingerprint density at radius 1 is 1.21 bits per heavy atom. The molecule has 3 heteroatoms. The molecule has 1 saturated carbocycles. The standard InChI is InChI=1S/C16H23BrFN/c1-11(2)12-4-3-5-14(8-6-12)19-16-10-13(18)7-9-15(16)17/h7,9-12,14,19H,3-6,8H2,1-2H3. The Kier molecular flexibility index (Phi) is 5.26. The minimum absolute atomic E-state index is 0.181. The lowest BCUT2D eigenvalue weighted by molar-refractivity contribution is 0.341. The van der Waals surface area contributed by atoms with Gasteiger partial charge in [0.1, 0.15) is 5.82 Å². The predicted octanol–water partition coefficient (Wildman–Crippen LogP) is 5.61. The summed E-state index contributed by atoms with van der Waals surface area (Å²) < 4.78 is 14.2. The van der Waals surface area contributed by atoms with Crippen LogP contribution in [0.5, 0.6) is 0 Å². The van der Waals surface area contributed by atoms with Crippen molar-refractivity contribution in [2.75, 3.05) is 5.32 Å². The molecular formula is C16H23BrFN. The summed E-state index contributed by atoms with van der Waals surface area (Å²) in [5.74, 6) is 1.45. The maximum Gasteiger partial charge on any atom is 0.125 e. The molecule has 0 heterocycles. The molecule has 0 saturated heterocycles. The summed E-state index contributed by atoms with van der Waals surface area (Å²) in [5.41, 5.74) is 0.882. The highest BCUT2D eigenvalue weighted by Crippen LogP contribution is 2.31. The van der Waals surface area contributed by atoms with Crippen molar-refractivity contribution in [1.82, 2.24) is 0 Å². The molecule has 0 spiro atoms. The van der Waals surface area contributed by atoms with Crippen molar-refractivity contribution in [3.63, 3.8) is 0 Å². The normalized spacial score (nSPS) is 24.3. The Morgan fingerprint density at radius 2 is 2.00 bits per heavy atom. The summed E-state index contributed by atoms with van der Waals surface area (Å²) in [7, 11) is 0. The van der Waals surface area contributed by atoms with Crippen LogP contribution in [0.4, 0.5) is 10.1 Å². The van der Waals surface area contributed by atoms with E-state index in [0.717, 1.165) is 22.0 Å². The Hall–Kier alpha value is -0.570. The van der Waals surface area contributed by atoms with Crippen LogP contribution in [0.3, 0.4) is 0 Å². The van der Waals surface area contributed by atoms with Gasteiger partial charge in [0.05, 0.1) is 5.69 Å². The number of hydrogen-bond acceptors (Lipinski definition) is 1. The Labute approximate surface area is 124 Å². The van der Waals surface area contributed by atoms with Crippen molar-refractivity contribution >= 4 is 21.6 Å². The molecule has 1 aromatic rings. The van der Waals surface area contributed by atoms with E-state index >= 15 is 0 Å². The molecular weight excluding hydrogens is 305 g/mol. The summed E-state index contributed by atoms with van der Waals surface area (Å²) in [6.07, 6.45) is 6.26. The van der Waals surface area contributed by atoms with E-state index in [-0.39, 0.29) is 5.82 Å². The van der Waals surface area contributed by atoms with Crippen molar-refractivity contribution in [2.24, 2.45) is 11.8 Å². The zero-order valence-electron chi connectivity index (χ0n) is 11.8. The van der Waals surface area contributed by atoms with E-state index in [0.29, 0.717) is 6.04 Å². The van der Waals surface area contributed by atoms with Gasteiger partial charge in [-0.25, -0.2) is 4.39 Å². The Balaban J connectivity index is 1.98. The third-order valence-electron chi connectivity index (χ3n) is 4.24. The van der Waals surface area contributed by atoms with Crippen LogP contribution in [0.2, 0.25) is 0 Å². The molecule has 0 bridgehead atoms. The molecule has 2 unspecified atom stereocenters. The molecule has 1 fully saturated rings. The van der Waals surface area contributed by atoms with Crippen molar-refractivity contribution in [3.8, 4) is 0 Å². The van der Waals surface area contributed by atoms with Gasteiger partial charge in [0.2, 0.25) is 0 Å². The van der Waals surface area contributed by atoms with Gasteiger partial charge >= 0.3 is 0 Å². The Bertz CT molecular complexity index is 419. The lowest BCUT2D eigenvalue weighted by Crippen LogP contribution is -2.19. The van der Waals surface area contributed by atoms with E-state index in [2.05, 4.69) is 35.1 Å². The van der Waals surface area contributed by atoms with Crippen LogP contribution in [0.1, 0.15) is 46.0 Å². The fraction of sp³-hybridized carbons (Fsp3) is 0.625. The fourth-order valence-electron chi connectivity index (χ4n) is 2.97. The minimum atomic E-state index is -0.181. The zero-order valence-corrected chi connectivity index (χ0v) is 13.3. The summed E-state index contributed by atoms with van der Waals surface area (Å²) >= 11 is 3.48. The zero-order chi connectivity index (χ0) is 13.8. The molecule has 19 heavy (non-hydrogen) atoms. The number of hydrogen-bond donors (Lipinski definition) is 1. The van der Waals surface area contributed by atoms with Gasteiger partial charge in [-0.2, -0.15) is 0 Å². The smallest absolute Gasteiger partial charge is 0.125 e. The highest BCUT2D eigenvalue weighted by Gasteiger charge is 2.21. The van der Waals surface area contributed by atoms with E-state index in [9.17, 15) is 4.39 Å². The number of halogens is 2. The van der Waals surface area contributed by atoms with Crippen LogP contribution >= 0.6 is 15.9 Å². The molecule has 1 aromatic carbocycles. The number of nitrogens with one attached hydrogen (secondary N) is 1. The average molecular weight is 328 g/mol. The van der Waals surface area contributed by atoms with Gasteiger partial charge in [-0.3, -0.25) is 0 Å². The maximum atomic E-state index is 13.3. The van der Waals surface area contributed by atoms with E-state index in [1.807, 2.05) is 0 Å². The lowest BCUT2D eigenvalue weighted by Gasteiger charge is -2.20. The molecule has 1 aliphatic rings. The molecule has 2 atom stereocenters. The van der Waals surface area contributed by atoms with Gasteiger partial charge < -0.3 is 5.32 Å². The van der Waals surface area contributed by atoms with Gasteiger partial charge in [0.25, 0.3) is 0 Å². The highest BCUT2D eigenvalue weighted by atomic mass is 79.9. The first kappa shape index (κ1) is 14.8. The van der Waals surface area contributed by atoms with Crippen LogP contribution in [-0.4, -0.2) is 6.04 Å². The second kappa shape index (κ2) is 6.74. The maximum absolute atomic E-state index is 13.3. The summed E-state index contributed by atoms with van der Waals surface area (Å²) in [5, 5.41) is 3.50. The van der Waals surface area contributed by atoms with Gasteiger partial charge in [0.15, 0.2) is 0 Å². The van der Waals surface area contributed by atoms with Gasteiger partial charge in [-0.05, 0) is 65.2 Å². The minimum Gasteiger partial charge on any atom is -0.381 e. The first-order chi connectivity index (χ1) is 9.06. The summed E-state index contributed by atoms with van der Waals surface area (Å²) in [4.78, 5) is 0. The van der Waals surface area contributed by atoms with Crippen LogP contribution in [0, 0.1) is 17.7 Å². The topological polar surface area (TPSA) is 12.0 Å². The Morgan fingerprint density at radius 3 is 2.74 bits per heavy atom. The molecule has 106 valence electrons. The monoisotopic (exact) mass is 327 g/mol. The second-order valence-electron chi connectivity index (χ2n) is 5.98. The number of benzene rings is 1. The number of anilines is 1. The fourth-order valence-corrected chi connectivity index (χ4v) is 3.33. The van der Waals surface area contributed by atoms with E-state index < -0.39 is 0 Å². The van der Waals surface area contributed by atoms with Crippen LogP contribution in [-0.2, 0) is 0 Å². The van der Waals surface area contributed by atoms with Gasteiger partial charge in [-0.1, -0.05) is 26.7 Å². The predicted molar refractivity (Wildman–Crippen MR) is 82.9 cm³/mol. The quantitative estimate of drug-likeness (QED) is 0.712. The van der Waals surface area contributed by atoms with Gasteiger partial charge in [0, 0.05) is 10.5 Å². The lowest BCUT2D eigenvalue weighted by atomic mass is 9.89. The van der Waals surface area contributed by atoms with Crippen molar-refractivity contribution in [1.29, 1.82) is 0 Å². The van der Waals surface area contributed by atoms with Crippen LogP contribution in [0.15, 0.2) is 22.7 Å². The first-order valence-corrected chi connectivity index (χ1v) is 8.07. The van der Waals surface area contributed by atoms with E-state index in [4.69, 9.17) is 0 Å².